The van der Waals surface area contributed by atoms with E-state index in [4.69, 9.17) is 15.8 Å². The molecule has 0 bridgehead atoms. The average molecular weight is 276 g/mol. The van der Waals surface area contributed by atoms with Gasteiger partial charge in [0.15, 0.2) is 0 Å². The van der Waals surface area contributed by atoms with Gasteiger partial charge in [-0.25, -0.2) is 0 Å². The van der Waals surface area contributed by atoms with Crippen LogP contribution in [0, 0.1) is 0 Å². The molecule has 0 saturated heterocycles. The Balaban J connectivity index is 1.59. The summed E-state index contributed by atoms with van der Waals surface area (Å²) in [6.45, 7) is 3.12. The van der Waals surface area contributed by atoms with Crippen LogP contribution in [0.5, 0.6) is 0 Å². The minimum atomic E-state index is -1.17. The first-order valence-electron chi connectivity index (χ1n) is 7.56. The third-order valence-corrected chi connectivity index (χ3v) is 4.01. The Bertz CT molecular complexity index is 390. The first-order chi connectivity index (χ1) is 9.65. The molecule has 1 aromatic rings. The Morgan fingerprint density at radius 2 is 1.75 bits per heavy atom. The summed E-state index contributed by atoms with van der Waals surface area (Å²) < 4.78 is 0. The van der Waals surface area contributed by atoms with Gasteiger partial charge in [-0.1, -0.05) is 37.1 Å². The monoisotopic (exact) mass is 276 g/mol. The van der Waals surface area contributed by atoms with E-state index >= 15 is 0 Å². The molecule has 1 aromatic carbocycles. The molecule has 4 N–H and O–H groups in total. The van der Waals surface area contributed by atoms with E-state index in [0.29, 0.717) is 6.32 Å². The summed E-state index contributed by atoms with van der Waals surface area (Å²) in [6, 6.07) is 8.83. The largest absolute Gasteiger partial charge is 0.451 e. The molecule has 0 saturated carbocycles. The third kappa shape index (κ3) is 4.91. The lowest BCUT2D eigenvalue weighted by molar-refractivity contribution is 0.269. The van der Waals surface area contributed by atoms with Gasteiger partial charge in [-0.3, -0.25) is 4.90 Å². The maximum Gasteiger partial charge on any atom is 0.451 e. The Labute approximate surface area is 121 Å². The summed E-state index contributed by atoms with van der Waals surface area (Å²) in [4.78, 5) is 2.45. The van der Waals surface area contributed by atoms with Gasteiger partial charge in [0.25, 0.3) is 0 Å². The summed E-state index contributed by atoms with van der Waals surface area (Å²) in [5.41, 5.74) is 9.01. The Morgan fingerprint density at radius 1 is 1.10 bits per heavy atom. The van der Waals surface area contributed by atoms with Crippen molar-refractivity contribution in [2.45, 2.75) is 51.1 Å². The fourth-order valence-electron chi connectivity index (χ4n) is 2.79. The molecule has 0 spiro atoms. The van der Waals surface area contributed by atoms with Crippen molar-refractivity contribution < 1.29 is 10.0 Å². The van der Waals surface area contributed by atoms with E-state index in [0.717, 1.165) is 45.3 Å². The highest BCUT2D eigenvalue weighted by molar-refractivity contribution is 6.40. The van der Waals surface area contributed by atoms with Gasteiger partial charge in [-0.15, -0.1) is 0 Å². The van der Waals surface area contributed by atoms with E-state index < -0.39 is 7.12 Å². The number of unbranched alkanes of at least 4 members (excludes halogenated alkanes) is 1. The van der Waals surface area contributed by atoms with Crippen LogP contribution in [0.1, 0.15) is 36.8 Å². The molecule has 5 heteroatoms. The van der Waals surface area contributed by atoms with Gasteiger partial charge in [0.2, 0.25) is 0 Å². The van der Waals surface area contributed by atoms with Gasteiger partial charge in [-0.2, -0.15) is 0 Å². The Kier molecular flexibility index (Phi) is 6.04. The number of hydrogen-bond donors (Lipinski definition) is 3. The maximum absolute atomic E-state index is 8.77. The smallest absolute Gasteiger partial charge is 0.427 e. The van der Waals surface area contributed by atoms with E-state index in [1.165, 1.54) is 11.1 Å². The summed E-state index contributed by atoms with van der Waals surface area (Å²) in [5.74, 6) is 0. The van der Waals surface area contributed by atoms with Gasteiger partial charge in [-0.05, 0) is 30.3 Å². The molecule has 1 unspecified atom stereocenters. The standard InChI is InChI=1S/C15H25BN2O2/c17-15(7-3-4-9-16(19)20)8-10-18-11-13-5-1-2-6-14(13)12-18/h1-2,5-6,15,19-20H,3-4,7-12,17H2. The second kappa shape index (κ2) is 7.79. The van der Waals surface area contributed by atoms with Crippen molar-refractivity contribution in [3.05, 3.63) is 35.4 Å². The van der Waals surface area contributed by atoms with Gasteiger partial charge in [0.05, 0.1) is 0 Å². The molecule has 0 radical (unpaired) electrons. The molecule has 0 aromatic heterocycles. The van der Waals surface area contributed by atoms with Gasteiger partial charge < -0.3 is 15.8 Å². The molecule has 0 aliphatic carbocycles. The minimum Gasteiger partial charge on any atom is -0.427 e. The van der Waals surface area contributed by atoms with Gasteiger partial charge >= 0.3 is 7.12 Å². The number of nitrogens with two attached hydrogens (primary N) is 1. The molecule has 1 aliphatic heterocycles. The third-order valence-electron chi connectivity index (χ3n) is 4.01. The first kappa shape index (κ1) is 15.5. The van der Waals surface area contributed by atoms with Crippen LogP contribution >= 0.6 is 0 Å². The molecular formula is C15H25BN2O2. The van der Waals surface area contributed by atoms with Crippen molar-refractivity contribution >= 4 is 7.12 Å². The molecule has 0 fully saturated rings. The number of benzene rings is 1. The van der Waals surface area contributed by atoms with Crippen molar-refractivity contribution in [1.29, 1.82) is 0 Å². The molecule has 0 amide bonds. The SMILES string of the molecule is NC(CCCCB(O)O)CCN1Cc2ccccc2C1. The van der Waals surface area contributed by atoms with E-state index in [-0.39, 0.29) is 6.04 Å². The second-order valence-corrected chi connectivity index (χ2v) is 5.79. The average Bonchev–Trinajstić information content (AvgIpc) is 2.84. The van der Waals surface area contributed by atoms with Crippen LogP contribution in [0.4, 0.5) is 0 Å². The van der Waals surface area contributed by atoms with Crippen LogP contribution < -0.4 is 5.73 Å². The highest BCUT2D eigenvalue weighted by atomic mass is 16.4. The van der Waals surface area contributed by atoms with Crippen LogP contribution in [0.25, 0.3) is 0 Å². The highest BCUT2D eigenvalue weighted by Gasteiger charge is 2.18. The highest BCUT2D eigenvalue weighted by Crippen LogP contribution is 2.22. The zero-order chi connectivity index (χ0) is 14.4. The van der Waals surface area contributed by atoms with Crippen molar-refractivity contribution in [3.8, 4) is 0 Å². The van der Waals surface area contributed by atoms with Crippen LogP contribution in [0.15, 0.2) is 24.3 Å². The Hall–Kier alpha value is -0.875. The van der Waals surface area contributed by atoms with Crippen molar-refractivity contribution in [3.63, 3.8) is 0 Å². The molecule has 1 aliphatic rings. The zero-order valence-corrected chi connectivity index (χ0v) is 12.0. The van der Waals surface area contributed by atoms with E-state index in [1.54, 1.807) is 0 Å². The topological polar surface area (TPSA) is 69.7 Å². The number of fused-ring (bicyclic) bond motifs is 1. The van der Waals surface area contributed by atoms with Crippen LogP contribution in [0.3, 0.4) is 0 Å². The van der Waals surface area contributed by atoms with E-state index in [9.17, 15) is 0 Å². The number of hydrogen-bond acceptors (Lipinski definition) is 4. The molecule has 4 nitrogen and oxygen atoms in total. The van der Waals surface area contributed by atoms with E-state index in [1.807, 2.05) is 0 Å². The number of rotatable bonds is 8. The molecule has 20 heavy (non-hydrogen) atoms. The maximum atomic E-state index is 8.77. The quantitative estimate of drug-likeness (QED) is 0.495. The van der Waals surface area contributed by atoms with Crippen molar-refractivity contribution in [2.24, 2.45) is 5.73 Å². The molecule has 1 heterocycles. The van der Waals surface area contributed by atoms with E-state index in [2.05, 4.69) is 29.2 Å². The lowest BCUT2D eigenvalue weighted by Gasteiger charge is -2.18. The summed E-state index contributed by atoms with van der Waals surface area (Å²) in [7, 11) is -1.17. The fourth-order valence-corrected chi connectivity index (χ4v) is 2.79. The summed E-state index contributed by atoms with van der Waals surface area (Å²) in [6.07, 6.45) is 4.23. The normalized spacial score (nSPS) is 16.1. The predicted octanol–water partition coefficient (Wildman–Crippen LogP) is 1.36. The predicted molar refractivity (Wildman–Crippen MR) is 82.0 cm³/mol. The molecular weight excluding hydrogens is 251 g/mol. The summed E-state index contributed by atoms with van der Waals surface area (Å²) in [5, 5.41) is 17.5. The van der Waals surface area contributed by atoms with Crippen molar-refractivity contribution in [2.75, 3.05) is 6.54 Å². The van der Waals surface area contributed by atoms with Gasteiger partial charge in [0, 0.05) is 25.7 Å². The van der Waals surface area contributed by atoms with Gasteiger partial charge in [0.1, 0.15) is 0 Å². The van der Waals surface area contributed by atoms with Crippen LogP contribution in [-0.2, 0) is 13.1 Å². The summed E-state index contributed by atoms with van der Waals surface area (Å²) >= 11 is 0. The molecule has 1 atom stereocenters. The minimum absolute atomic E-state index is 0.217. The van der Waals surface area contributed by atoms with Crippen LogP contribution in [0.2, 0.25) is 6.32 Å². The Morgan fingerprint density at radius 3 is 2.35 bits per heavy atom. The lowest BCUT2D eigenvalue weighted by Crippen LogP contribution is -2.27. The van der Waals surface area contributed by atoms with Crippen LogP contribution in [-0.4, -0.2) is 34.7 Å². The lowest BCUT2D eigenvalue weighted by atomic mass is 9.83. The number of nitrogens with zero attached hydrogens (tertiary/aromatic N) is 1. The fraction of sp³-hybridized carbons (Fsp3) is 0.600. The first-order valence-corrected chi connectivity index (χ1v) is 7.56. The molecule has 110 valence electrons. The van der Waals surface area contributed by atoms with Crippen molar-refractivity contribution in [1.82, 2.24) is 4.90 Å². The second-order valence-electron chi connectivity index (χ2n) is 5.79. The molecule has 2 rings (SSSR count). The zero-order valence-electron chi connectivity index (χ0n) is 12.0.